The topological polar surface area (TPSA) is 107 Å². The zero-order valence-electron chi connectivity index (χ0n) is 25.0. The summed E-state index contributed by atoms with van der Waals surface area (Å²) in [4.78, 5) is 48.8. The quantitative estimate of drug-likeness (QED) is 0.325. The lowest BCUT2D eigenvalue weighted by atomic mass is 9.94. The molecule has 232 valence electrons. The highest BCUT2D eigenvalue weighted by Gasteiger charge is 2.48. The van der Waals surface area contributed by atoms with Crippen LogP contribution >= 0.6 is 0 Å². The molecule has 0 saturated carbocycles. The van der Waals surface area contributed by atoms with Gasteiger partial charge in [-0.3, -0.25) is 14.9 Å². The fourth-order valence-electron chi connectivity index (χ4n) is 5.88. The van der Waals surface area contributed by atoms with E-state index in [1.54, 1.807) is 24.3 Å². The standard InChI is InChI=1S/C33H32F2N6O4/c1-3-39-13-15-40(16-14-39)28-6-4-5-26(36-28)23-9-7-21(17-25(23)34)11-12-33(31(43)37-32(44)38-33)20-41-19-22-8-10-27(45-2)30(35)24(22)18-29(41)42/h4-10,17H,3,13-16,18-20H2,1-2H3,(H2,37,38,43,44). The number of halogens is 2. The molecule has 4 heterocycles. The first-order chi connectivity index (χ1) is 21.7. The molecule has 2 saturated heterocycles. The van der Waals surface area contributed by atoms with Gasteiger partial charge >= 0.3 is 6.03 Å². The van der Waals surface area contributed by atoms with Gasteiger partial charge in [-0.05, 0) is 48.5 Å². The number of pyridine rings is 1. The smallest absolute Gasteiger partial charge is 0.323 e. The number of nitrogens with zero attached hydrogens (tertiary/aromatic N) is 4. The number of methoxy groups -OCH3 is 1. The number of rotatable bonds is 6. The number of carbonyl (C=O) groups is 3. The van der Waals surface area contributed by atoms with Gasteiger partial charge in [0.05, 0.1) is 25.8 Å². The van der Waals surface area contributed by atoms with E-state index in [9.17, 15) is 18.8 Å². The number of benzene rings is 2. The van der Waals surface area contributed by atoms with E-state index < -0.39 is 35.0 Å². The summed E-state index contributed by atoms with van der Waals surface area (Å²) >= 11 is 0. The number of imide groups is 1. The van der Waals surface area contributed by atoms with Gasteiger partial charge in [0, 0.05) is 49.4 Å². The van der Waals surface area contributed by atoms with Gasteiger partial charge in [0.2, 0.25) is 11.4 Å². The summed E-state index contributed by atoms with van der Waals surface area (Å²) in [7, 11) is 1.34. The summed E-state index contributed by atoms with van der Waals surface area (Å²) in [6.07, 6.45) is -0.242. The third kappa shape index (κ3) is 5.91. The number of carbonyl (C=O) groups excluding carboxylic acids is 3. The van der Waals surface area contributed by atoms with Crippen LogP contribution in [0, 0.1) is 23.5 Å². The molecule has 10 nitrogen and oxygen atoms in total. The molecular formula is C33H32F2N6O4. The largest absolute Gasteiger partial charge is 0.494 e. The molecule has 12 heteroatoms. The summed E-state index contributed by atoms with van der Waals surface area (Å²) in [5, 5.41) is 4.71. The SMILES string of the molecule is CCN1CCN(c2cccc(-c3ccc(C#CC4(CN5Cc6ccc(OC)c(F)c6CC5=O)NC(=O)NC4=O)cc3F)n2)CC1. The maximum Gasteiger partial charge on any atom is 0.323 e. The molecule has 3 aliphatic heterocycles. The van der Waals surface area contributed by atoms with E-state index in [-0.39, 0.29) is 36.4 Å². The molecule has 0 bridgehead atoms. The average molecular weight is 615 g/mol. The van der Waals surface area contributed by atoms with Crippen LogP contribution in [0.3, 0.4) is 0 Å². The van der Waals surface area contributed by atoms with Crippen molar-refractivity contribution in [2.75, 3.05) is 51.3 Å². The second-order valence-corrected chi connectivity index (χ2v) is 11.2. The molecule has 45 heavy (non-hydrogen) atoms. The van der Waals surface area contributed by atoms with Gasteiger partial charge in [0.25, 0.3) is 5.91 Å². The number of anilines is 1. The Labute approximate surface area is 259 Å². The Bertz CT molecular complexity index is 1750. The molecule has 2 aromatic carbocycles. The molecule has 1 aromatic heterocycles. The Morgan fingerprint density at radius 1 is 1.04 bits per heavy atom. The Morgan fingerprint density at radius 2 is 1.84 bits per heavy atom. The Hall–Kier alpha value is -5.02. The van der Waals surface area contributed by atoms with Crippen molar-refractivity contribution in [3.05, 3.63) is 76.9 Å². The van der Waals surface area contributed by atoms with E-state index in [1.165, 1.54) is 24.1 Å². The predicted octanol–water partition coefficient (Wildman–Crippen LogP) is 2.69. The first-order valence-electron chi connectivity index (χ1n) is 14.7. The molecule has 6 rings (SSSR count). The minimum Gasteiger partial charge on any atom is -0.494 e. The first kappa shape index (κ1) is 30.0. The molecule has 1 unspecified atom stereocenters. The third-order valence-electron chi connectivity index (χ3n) is 8.48. The molecule has 4 amide bonds. The van der Waals surface area contributed by atoms with E-state index in [1.807, 2.05) is 12.1 Å². The van der Waals surface area contributed by atoms with E-state index in [0.29, 0.717) is 16.8 Å². The highest BCUT2D eigenvalue weighted by atomic mass is 19.1. The molecule has 3 aliphatic rings. The van der Waals surface area contributed by atoms with Crippen LogP contribution in [-0.4, -0.2) is 84.5 Å². The summed E-state index contributed by atoms with van der Waals surface area (Å²) in [5.74, 6) is 4.08. The minimum atomic E-state index is -1.79. The summed E-state index contributed by atoms with van der Waals surface area (Å²) < 4.78 is 35.2. The van der Waals surface area contributed by atoms with Crippen LogP contribution in [0.1, 0.15) is 23.6 Å². The maximum atomic E-state index is 15.4. The van der Waals surface area contributed by atoms with Crippen LogP contribution in [-0.2, 0) is 22.6 Å². The van der Waals surface area contributed by atoms with Crippen molar-refractivity contribution in [1.29, 1.82) is 0 Å². The lowest BCUT2D eigenvalue weighted by Gasteiger charge is -2.34. The molecule has 0 radical (unpaired) electrons. The van der Waals surface area contributed by atoms with Crippen molar-refractivity contribution in [3.63, 3.8) is 0 Å². The van der Waals surface area contributed by atoms with Gasteiger partial charge in [0.15, 0.2) is 11.6 Å². The fourth-order valence-corrected chi connectivity index (χ4v) is 5.88. The van der Waals surface area contributed by atoms with Gasteiger partial charge in [0.1, 0.15) is 11.6 Å². The normalized spacial score (nSPS) is 19.9. The van der Waals surface area contributed by atoms with Crippen LogP contribution in [0.5, 0.6) is 5.75 Å². The zero-order valence-corrected chi connectivity index (χ0v) is 25.0. The number of fused-ring (bicyclic) bond motifs is 1. The molecule has 0 spiro atoms. The molecule has 3 aromatic rings. The van der Waals surface area contributed by atoms with Crippen LogP contribution in [0.25, 0.3) is 11.3 Å². The third-order valence-corrected chi connectivity index (χ3v) is 8.48. The van der Waals surface area contributed by atoms with Gasteiger partial charge < -0.3 is 24.8 Å². The monoisotopic (exact) mass is 614 g/mol. The second-order valence-electron chi connectivity index (χ2n) is 11.2. The average Bonchev–Trinajstić information content (AvgIpc) is 3.33. The van der Waals surface area contributed by atoms with Gasteiger partial charge in [-0.15, -0.1) is 0 Å². The lowest BCUT2D eigenvalue weighted by molar-refractivity contribution is -0.133. The lowest BCUT2D eigenvalue weighted by Crippen LogP contribution is -2.56. The van der Waals surface area contributed by atoms with Crippen LogP contribution in [0.15, 0.2) is 48.5 Å². The number of aromatic nitrogens is 1. The van der Waals surface area contributed by atoms with E-state index in [2.05, 4.69) is 39.2 Å². The predicted molar refractivity (Wildman–Crippen MR) is 162 cm³/mol. The van der Waals surface area contributed by atoms with Crippen molar-refractivity contribution in [2.24, 2.45) is 0 Å². The molecular weight excluding hydrogens is 582 g/mol. The number of hydrogen-bond donors (Lipinski definition) is 2. The summed E-state index contributed by atoms with van der Waals surface area (Å²) in [6, 6.07) is 12.3. The molecule has 0 aliphatic carbocycles. The van der Waals surface area contributed by atoms with Gasteiger partial charge in [-0.1, -0.05) is 30.9 Å². The number of nitrogens with one attached hydrogen (secondary N) is 2. The summed E-state index contributed by atoms with van der Waals surface area (Å²) in [6.45, 7) is 6.43. The second kappa shape index (κ2) is 12.2. The number of hydrogen-bond acceptors (Lipinski definition) is 7. The number of amides is 4. The zero-order chi connectivity index (χ0) is 31.7. The van der Waals surface area contributed by atoms with E-state index in [4.69, 9.17) is 9.72 Å². The molecule has 2 fully saturated rings. The number of piperazine rings is 1. The number of likely N-dealkylation sites (N-methyl/N-ethyl adjacent to an activating group) is 1. The Balaban J connectivity index is 1.23. The van der Waals surface area contributed by atoms with E-state index >= 15 is 4.39 Å². The van der Waals surface area contributed by atoms with Crippen LogP contribution < -0.4 is 20.3 Å². The Kier molecular flexibility index (Phi) is 8.12. The fraction of sp³-hybridized carbons (Fsp3) is 0.333. The first-order valence-corrected chi connectivity index (χ1v) is 14.7. The van der Waals surface area contributed by atoms with Crippen molar-refractivity contribution in [3.8, 4) is 28.8 Å². The van der Waals surface area contributed by atoms with Crippen molar-refractivity contribution < 1.29 is 27.9 Å². The van der Waals surface area contributed by atoms with Crippen molar-refractivity contribution >= 4 is 23.7 Å². The summed E-state index contributed by atoms with van der Waals surface area (Å²) in [5.41, 5.74) is 0.0460. The minimum absolute atomic E-state index is 0.00530. The Morgan fingerprint density at radius 3 is 2.53 bits per heavy atom. The molecule has 2 N–H and O–H groups in total. The van der Waals surface area contributed by atoms with Crippen molar-refractivity contribution in [1.82, 2.24) is 25.4 Å². The number of ether oxygens (including phenoxy) is 1. The maximum absolute atomic E-state index is 15.4. The highest BCUT2D eigenvalue weighted by molar-refractivity contribution is 6.09. The van der Waals surface area contributed by atoms with Crippen LogP contribution in [0.2, 0.25) is 0 Å². The van der Waals surface area contributed by atoms with Crippen LogP contribution in [0.4, 0.5) is 19.4 Å². The van der Waals surface area contributed by atoms with Gasteiger partial charge in [-0.25, -0.2) is 18.6 Å². The van der Waals surface area contributed by atoms with E-state index in [0.717, 1.165) is 38.5 Å². The van der Waals surface area contributed by atoms with Gasteiger partial charge in [-0.2, -0.15) is 0 Å². The number of urea groups is 1. The molecule has 1 atom stereocenters. The van der Waals surface area contributed by atoms with Crippen molar-refractivity contribution in [2.45, 2.75) is 25.4 Å². The highest BCUT2D eigenvalue weighted by Crippen LogP contribution is 2.30.